The van der Waals surface area contributed by atoms with Crippen LogP contribution in [-0.4, -0.2) is 4.98 Å². The second kappa shape index (κ2) is 4.60. The number of para-hydroxylation sites is 1. The fourth-order valence-electron chi connectivity index (χ4n) is 2.91. The molecule has 1 aliphatic carbocycles. The van der Waals surface area contributed by atoms with Gasteiger partial charge in [0.2, 0.25) is 0 Å². The normalized spacial score (nSPS) is 13.7. The highest BCUT2D eigenvalue weighted by Crippen LogP contribution is 2.31. The van der Waals surface area contributed by atoms with Gasteiger partial charge in [-0.25, -0.2) is 4.98 Å². The largest absolute Gasteiger partial charge is 0.332 e. The third kappa shape index (κ3) is 1.98. The average molecular weight is 280 g/mol. The monoisotopic (exact) mass is 280 g/mol. The van der Waals surface area contributed by atoms with Gasteiger partial charge in [0.15, 0.2) is 5.13 Å². The van der Waals surface area contributed by atoms with E-state index in [0.29, 0.717) is 0 Å². The molecule has 0 radical (unpaired) electrons. The SMILES string of the molecule is Cc1cccc2sc(Nc3ccc4c(c3)CCC4)nc12. The summed E-state index contributed by atoms with van der Waals surface area (Å²) in [5, 5.41) is 4.44. The Hall–Kier alpha value is -1.87. The molecule has 0 bridgehead atoms. The van der Waals surface area contributed by atoms with E-state index in [1.54, 1.807) is 11.3 Å². The summed E-state index contributed by atoms with van der Waals surface area (Å²) in [4.78, 5) is 4.71. The number of thiazole rings is 1. The first-order valence-electron chi connectivity index (χ1n) is 7.04. The van der Waals surface area contributed by atoms with Crippen molar-refractivity contribution < 1.29 is 0 Å². The van der Waals surface area contributed by atoms with E-state index in [-0.39, 0.29) is 0 Å². The topological polar surface area (TPSA) is 24.9 Å². The molecule has 20 heavy (non-hydrogen) atoms. The zero-order chi connectivity index (χ0) is 13.5. The number of nitrogens with one attached hydrogen (secondary N) is 1. The molecule has 0 saturated carbocycles. The van der Waals surface area contributed by atoms with Crippen LogP contribution in [0.5, 0.6) is 0 Å². The van der Waals surface area contributed by atoms with Gasteiger partial charge in [0, 0.05) is 5.69 Å². The number of hydrogen-bond acceptors (Lipinski definition) is 3. The van der Waals surface area contributed by atoms with E-state index < -0.39 is 0 Å². The van der Waals surface area contributed by atoms with E-state index in [9.17, 15) is 0 Å². The van der Waals surface area contributed by atoms with Gasteiger partial charge in [0.25, 0.3) is 0 Å². The zero-order valence-corrected chi connectivity index (χ0v) is 12.3. The van der Waals surface area contributed by atoms with Crippen molar-refractivity contribution in [3.8, 4) is 0 Å². The first-order valence-corrected chi connectivity index (χ1v) is 7.86. The van der Waals surface area contributed by atoms with Gasteiger partial charge >= 0.3 is 0 Å². The Morgan fingerprint density at radius 1 is 1.10 bits per heavy atom. The third-order valence-electron chi connectivity index (χ3n) is 3.97. The van der Waals surface area contributed by atoms with Gasteiger partial charge in [-0.3, -0.25) is 0 Å². The van der Waals surface area contributed by atoms with E-state index in [2.05, 4.69) is 48.6 Å². The summed E-state index contributed by atoms with van der Waals surface area (Å²) < 4.78 is 1.24. The number of nitrogens with zero attached hydrogens (tertiary/aromatic N) is 1. The standard InChI is InChI=1S/C17H16N2S/c1-11-4-2-7-15-16(11)19-17(20-15)18-14-9-8-12-5-3-6-13(12)10-14/h2,4,7-10H,3,5-6H2,1H3,(H,18,19). The summed E-state index contributed by atoms with van der Waals surface area (Å²) in [5.41, 5.74) is 6.51. The summed E-state index contributed by atoms with van der Waals surface area (Å²) in [6.07, 6.45) is 3.73. The van der Waals surface area contributed by atoms with Crippen molar-refractivity contribution in [2.75, 3.05) is 5.32 Å². The minimum Gasteiger partial charge on any atom is -0.332 e. The van der Waals surface area contributed by atoms with Crippen molar-refractivity contribution in [3.63, 3.8) is 0 Å². The lowest BCUT2D eigenvalue weighted by Crippen LogP contribution is -1.91. The summed E-state index contributed by atoms with van der Waals surface area (Å²) in [6, 6.07) is 13.0. The average Bonchev–Trinajstić information content (AvgIpc) is 3.05. The molecule has 0 saturated heterocycles. The van der Waals surface area contributed by atoms with E-state index in [4.69, 9.17) is 4.98 Å². The van der Waals surface area contributed by atoms with Crippen molar-refractivity contribution in [2.24, 2.45) is 0 Å². The number of hydrogen-bond donors (Lipinski definition) is 1. The first-order chi connectivity index (χ1) is 9.79. The summed E-state index contributed by atoms with van der Waals surface area (Å²) in [6.45, 7) is 2.11. The molecule has 1 aromatic heterocycles. The van der Waals surface area contributed by atoms with Crippen LogP contribution in [0.2, 0.25) is 0 Å². The Balaban J connectivity index is 1.69. The van der Waals surface area contributed by atoms with Crippen molar-refractivity contribution in [1.29, 1.82) is 0 Å². The smallest absolute Gasteiger partial charge is 0.188 e. The maximum absolute atomic E-state index is 4.71. The second-order valence-corrected chi connectivity index (χ2v) is 6.43. The molecule has 0 spiro atoms. The molecule has 0 unspecified atom stereocenters. The highest BCUT2D eigenvalue weighted by molar-refractivity contribution is 7.22. The van der Waals surface area contributed by atoms with Gasteiger partial charge in [-0.1, -0.05) is 29.5 Å². The van der Waals surface area contributed by atoms with Crippen LogP contribution in [0.15, 0.2) is 36.4 Å². The van der Waals surface area contributed by atoms with Gasteiger partial charge in [-0.2, -0.15) is 0 Å². The van der Waals surface area contributed by atoms with Gasteiger partial charge in [-0.05, 0) is 61.1 Å². The summed E-state index contributed by atoms with van der Waals surface area (Å²) in [7, 11) is 0. The fourth-order valence-corrected chi connectivity index (χ4v) is 3.88. The molecule has 0 atom stereocenters. The molecule has 4 rings (SSSR count). The lowest BCUT2D eigenvalue weighted by atomic mass is 10.1. The van der Waals surface area contributed by atoms with Crippen LogP contribution in [0.25, 0.3) is 10.2 Å². The molecule has 0 aliphatic heterocycles. The van der Waals surface area contributed by atoms with Crippen LogP contribution in [-0.2, 0) is 12.8 Å². The van der Waals surface area contributed by atoms with Crippen LogP contribution in [0.3, 0.4) is 0 Å². The highest BCUT2D eigenvalue weighted by atomic mass is 32.1. The molecule has 1 aliphatic rings. The molecule has 2 nitrogen and oxygen atoms in total. The minimum absolute atomic E-state index is 0.979. The Morgan fingerprint density at radius 3 is 2.90 bits per heavy atom. The van der Waals surface area contributed by atoms with Crippen LogP contribution in [0, 0.1) is 6.92 Å². The Kier molecular flexibility index (Phi) is 2.74. The Morgan fingerprint density at radius 2 is 2.00 bits per heavy atom. The molecule has 3 heteroatoms. The molecule has 0 amide bonds. The van der Waals surface area contributed by atoms with Crippen molar-refractivity contribution >= 4 is 32.4 Å². The van der Waals surface area contributed by atoms with Gasteiger partial charge in [0.1, 0.15) is 0 Å². The molecule has 3 aromatic rings. The lowest BCUT2D eigenvalue weighted by Gasteiger charge is -2.05. The predicted molar refractivity (Wildman–Crippen MR) is 86.1 cm³/mol. The number of anilines is 2. The maximum Gasteiger partial charge on any atom is 0.188 e. The molecule has 0 fully saturated rings. The van der Waals surface area contributed by atoms with E-state index >= 15 is 0 Å². The highest BCUT2D eigenvalue weighted by Gasteiger charge is 2.11. The van der Waals surface area contributed by atoms with Crippen molar-refractivity contribution in [3.05, 3.63) is 53.1 Å². The molecule has 1 heterocycles. The van der Waals surface area contributed by atoms with Gasteiger partial charge in [0.05, 0.1) is 10.2 Å². The van der Waals surface area contributed by atoms with Crippen LogP contribution in [0.1, 0.15) is 23.1 Å². The molecule has 2 aromatic carbocycles. The number of benzene rings is 2. The first kappa shape index (κ1) is 11.9. The number of rotatable bonds is 2. The number of aryl methyl sites for hydroxylation is 3. The van der Waals surface area contributed by atoms with Crippen molar-refractivity contribution in [1.82, 2.24) is 4.98 Å². The summed E-state index contributed by atoms with van der Waals surface area (Å²) >= 11 is 1.72. The quantitative estimate of drug-likeness (QED) is 0.726. The molecule has 1 N–H and O–H groups in total. The van der Waals surface area contributed by atoms with Crippen molar-refractivity contribution in [2.45, 2.75) is 26.2 Å². The van der Waals surface area contributed by atoms with E-state index in [1.807, 2.05) is 0 Å². The van der Waals surface area contributed by atoms with Crippen LogP contribution in [0.4, 0.5) is 10.8 Å². The molecular weight excluding hydrogens is 264 g/mol. The predicted octanol–water partition coefficient (Wildman–Crippen LogP) is 4.84. The minimum atomic E-state index is 0.979. The lowest BCUT2D eigenvalue weighted by molar-refractivity contribution is 0.912. The number of aromatic nitrogens is 1. The zero-order valence-electron chi connectivity index (χ0n) is 11.4. The van der Waals surface area contributed by atoms with Gasteiger partial charge < -0.3 is 5.32 Å². The Labute approximate surface area is 122 Å². The van der Waals surface area contributed by atoms with Crippen LogP contribution >= 0.6 is 11.3 Å². The maximum atomic E-state index is 4.71. The molecular formula is C17H16N2S. The fraction of sp³-hybridized carbons (Fsp3) is 0.235. The molecule has 100 valence electrons. The number of fused-ring (bicyclic) bond motifs is 2. The van der Waals surface area contributed by atoms with Crippen LogP contribution < -0.4 is 5.32 Å². The van der Waals surface area contributed by atoms with E-state index in [1.165, 1.54) is 40.7 Å². The second-order valence-electron chi connectivity index (χ2n) is 5.40. The van der Waals surface area contributed by atoms with E-state index in [0.717, 1.165) is 16.3 Å². The Bertz CT molecular complexity index is 789. The third-order valence-corrected chi connectivity index (χ3v) is 4.91. The summed E-state index contributed by atoms with van der Waals surface area (Å²) in [5.74, 6) is 0. The van der Waals surface area contributed by atoms with Gasteiger partial charge in [-0.15, -0.1) is 0 Å².